The van der Waals surface area contributed by atoms with Crippen LogP contribution in [0.3, 0.4) is 0 Å². The van der Waals surface area contributed by atoms with Gasteiger partial charge in [-0.1, -0.05) is 59.6 Å². The fourth-order valence-corrected chi connectivity index (χ4v) is 2.89. The summed E-state index contributed by atoms with van der Waals surface area (Å²) < 4.78 is 0. The molecule has 7 heteroatoms. The van der Waals surface area contributed by atoms with Crippen LogP contribution in [0, 0.1) is 0 Å². The summed E-state index contributed by atoms with van der Waals surface area (Å²) in [5.74, 6) is -0.453. The molecule has 2 aromatic rings. The highest BCUT2D eigenvalue weighted by Crippen LogP contribution is 2.22. The summed E-state index contributed by atoms with van der Waals surface area (Å²) in [6, 6.07) is 13.1. The highest BCUT2D eigenvalue weighted by Gasteiger charge is 2.30. The van der Waals surface area contributed by atoms with Crippen molar-refractivity contribution >= 4 is 35.1 Å². The maximum atomic E-state index is 12.4. The number of hydrogen-bond donors (Lipinski definition) is 3. The molecule has 0 fully saturated rings. The number of halogens is 2. The van der Waals surface area contributed by atoms with Gasteiger partial charge in [-0.2, -0.15) is 0 Å². The summed E-state index contributed by atoms with van der Waals surface area (Å²) >= 11 is 12.0. The van der Waals surface area contributed by atoms with Gasteiger partial charge in [-0.3, -0.25) is 10.1 Å². The Morgan fingerprint density at radius 2 is 1.79 bits per heavy atom. The number of urea groups is 1. The van der Waals surface area contributed by atoms with Crippen molar-refractivity contribution in [1.82, 2.24) is 5.32 Å². The van der Waals surface area contributed by atoms with Crippen LogP contribution in [0.2, 0.25) is 10.0 Å². The fraction of sp³-hybridized carbons (Fsp3) is 0.176. The molecule has 0 aliphatic carbocycles. The lowest BCUT2D eigenvalue weighted by Crippen LogP contribution is -3.09. The van der Waals surface area contributed by atoms with E-state index >= 15 is 0 Å². The van der Waals surface area contributed by atoms with Crippen molar-refractivity contribution in [3.05, 3.63) is 69.7 Å². The number of likely N-dealkylation sites (N-methyl/N-ethyl adjacent to an activating group) is 1. The maximum Gasteiger partial charge on any atom is 0.319 e. The average Bonchev–Trinajstić information content (AvgIpc) is 2.51. The Morgan fingerprint density at radius 3 is 2.38 bits per heavy atom. The quantitative estimate of drug-likeness (QED) is 0.756. The minimum atomic E-state index is -0.872. The summed E-state index contributed by atoms with van der Waals surface area (Å²) in [7, 11) is 1.86. The number of carbonyl (C=O) groups is 2. The van der Waals surface area contributed by atoms with E-state index in [1.165, 1.54) is 0 Å². The van der Waals surface area contributed by atoms with E-state index in [2.05, 4.69) is 5.32 Å². The van der Waals surface area contributed by atoms with Crippen LogP contribution in [0.4, 0.5) is 4.79 Å². The van der Waals surface area contributed by atoms with Crippen LogP contribution in [0.1, 0.15) is 17.2 Å². The Hall–Kier alpha value is -2.08. The molecule has 5 nitrogen and oxygen atoms in total. The average molecular weight is 367 g/mol. The number of rotatable bonds is 5. The smallest absolute Gasteiger partial charge is 0.319 e. The summed E-state index contributed by atoms with van der Waals surface area (Å²) in [5.41, 5.74) is 6.80. The van der Waals surface area contributed by atoms with Gasteiger partial charge in [-0.05, 0) is 12.1 Å². The molecule has 2 aromatic carbocycles. The molecule has 0 spiro atoms. The van der Waals surface area contributed by atoms with Crippen LogP contribution in [0.25, 0.3) is 0 Å². The van der Waals surface area contributed by atoms with Crippen molar-refractivity contribution in [3.8, 4) is 0 Å². The van der Waals surface area contributed by atoms with E-state index in [0.29, 0.717) is 16.6 Å². The second kappa shape index (κ2) is 8.15. The highest BCUT2D eigenvalue weighted by molar-refractivity contribution is 6.42. The van der Waals surface area contributed by atoms with Crippen molar-refractivity contribution in [2.75, 3.05) is 7.05 Å². The van der Waals surface area contributed by atoms with Gasteiger partial charge in [0.2, 0.25) is 0 Å². The minimum absolute atomic E-state index is 0.453. The van der Waals surface area contributed by atoms with E-state index < -0.39 is 18.0 Å². The van der Waals surface area contributed by atoms with Gasteiger partial charge in [-0.25, -0.2) is 4.79 Å². The molecule has 0 heterocycles. The Kier molecular flexibility index (Phi) is 6.20. The Balaban J connectivity index is 2.26. The van der Waals surface area contributed by atoms with Gasteiger partial charge >= 0.3 is 6.03 Å². The fourth-order valence-electron chi connectivity index (χ4n) is 2.57. The summed E-state index contributed by atoms with van der Waals surface area (Å²) in [4.78, 5) is 24.3. The zero-order chi connectivity index (χ0) is 17.7. The molecule has 1 unspecified atom stereocenters. The van der Waals surface area contributed by atoms with Crippen molar-refractivity contribution in [3.63, 3.8) is 0 Å². The third-order valence-corrected chi connectivity index (χ3v) is 4.34. The molecule has 0 aliphatic rings. The molecule has 0 radical (unpaired) electrons. The number of carbonyl (C=O) groups excluding carboxylic acids is 2. The first-order valence-corrected chi connectivity index (χ1v) is 8.05. The standard InChI is InChI=1S/C17H17Cl2N3O2/c1-22(10-11-7-8-13(18)14(19)9-11)15(16(23)21-17(20)24)12-5-3-2-4-6-12/h2-9,15H,10H2,1H3,(H3,20,21,23,24)/p+1/t15-/m1/s1. The molecule has 2 rings (SSSR count). The molecule has 0 aromatic heterocycles. The second-order valence-electron chi connectivity index (χ2n) is 5.47. The number of benzene rings is 2. The zero-order valence-corrected chi connectivity index (χ0v) is 14.6. The first-order valence-electron chi connectivity index (χ1n) is 7.30. The molecule has 0 bridgehead atoms. The Bertz CT molecular complexity index is 738. The van der Waals surface area contributed by atoms with E-state index in [1.54, 1.807) is 12.1 Å². The zero-order valence-electron chi connectivity index (χ0n) is 13.1. The third-order valence-electron chi connectivity index (χ3n) is 3.60. The van der Waals surface area contributed by atoms with Crippen molar-refractivity contribution in [1.29, 1.82) is 0 Å². The predicted octanol–water partition coefficient (Wildman–Crippen LogP) is 1.94. The maximum absolute atomic E-state index is 12.4. The van der Waals surface area contributed by atoms with Crippen molar-refractivity contribution < 1.29 is 14.5 Å². The number of nitrogens with one attached hydrogen (secondary N) is 2. The van der Waals surface area contributed by atoms with Gasteiger partial charge < -0.3 is 10.6 Å². The third kappa shape index (κ3) is 4.71. The van der Waals surface area contributed by atoms with Crippen LogP contribution in [-0.4, -0.2) is 19.0 Å². The summed E-state index contributed by atoms with van der Waals surface area (Å²) in [6.45, 7) is 0.516. The van der Waals surface area contributed by atoms with E-state index in [-0.39, 0.29) is 0 Å². The first kappa shape index (κ1) is 18.3. The number of imide groups is 1. The van der Waals surface area contributed by atoms with Crippen LogP contribution in [0.15, 0.2) is 48.5 Å². The minimum Gasteiger partial charge on any atom is -0.351 e. The molecule has 4 N–H and O–H groups in total. The van der Waals surface area contributed by atoms with E-state index in [4.69, 9.17) is 28.9 Å². The number of amides is 3. The first-order chi connectivity index (χ1) is 11.4. The van der Waals surface area contributed by atoms with Crippen LogP contribution in [-0.2, 0) is 11.3 Å². The van der Waals surface area contributed by atoms with E-state index in [9.17, 15) is 9.59 Å². The molecule has 126 valence electrons. The van der Waals surface area contributed by atoms with Crippen LogP contribution in [0.5, 0.6) is 0 Å². The molecule has 0 aliphatic heterocycles. The summed E-state index contributed by atoms with van der Waals surface area (Å²) in [5, 5.41) is 3.09. The van der Waals surface area contributed by atoms with Crippen molar-refractivity contribution in [2.45, 2.75) is 12.6 Å². The lowest BCUT2D eigenvalue weighted by Gasteiger charge is -2.24. The molecular weight excluding hydrogens is 349 g/mol. The number of primary amides is 1. The number of nitrogens with two attached hydrogens (primary N) is 1. The highest BCUT2D eigenvalue weighted by atomic mass is 35.5. The van der Waals surface area contributed by atoms with Crippen LogP contribution < -0.4 is 16.0 Å². The van der Waals surface area contributed by atoms with Gasteiger partial charge in [0.25, 0.3) is 5.91 Å². The van der Waals surface area contributed by atoms with Gasteiger partial charge in [0.1, 0.15) is 6.54 Å². The Morgan fingerprint density at radius 1 is 1.12 bits per heavy atom. The molecule has 0 saturated carbocycles. The van der Waals surface area contributed by atoms with Gasteiger partial charge in [0, 0.05) is 11.1 Å². The molecule has 0 saturated heterocycles. The topological polar surface area (TPSA) is 76.6 Å². The number of quaternary nitrogens is 1. The molecule has 24 heavy (non-hydrogen) atoms. The molecule has 2 atom stereocenters. The molecule has 3 amide bonds. The van der Waals surface area contributed by atoms with Gasteiger partial charge in [0.05, 0.1) is 17.1 Å². The second-order valence-corrected chi connectivity index (χ2v) is 6.28. The monoisotopic (exact) mass is 366 g/mol. The van der Waals surface area contributed by atoms with Crippen molar-refractivity contribution in [2.24, 2.45) is 5.73 Å². The Labute approximate surface area is 150 Å². The van der Waals surface area contributed by atoms with E-state index in [1.807, 2.05) is 43.4 Å². The summed E-state index contributed by atoms with van der Waals surface area (Å²) in [6.07, 6.45) is 0. The normalized spacial score (nSPS) is 13.1. The lowest BCUT2D eigenvalue weighted by atomic mass is 10.0. The SMILES string of the molecule is C[NH+](Cc1ccc(Cl)c(Cl)c1)[C@@H](C(=O)NC(N)=O)c1ccccc1. The van der Waals surface area contributed by atoms with Crippen LogP contribution >= 0.6 is 23.2 Å². The van der Waals surface area contributed by atoms with Gasteiger partial charge in [-0.15, -0.1) is 0 Å². The largest absolute Gasteiger partial charge is 0.351 e. The van der Waals surface area contributed by atoms with E-state index in [0.717, 1.165) is 16.0 Å². The lowest BCUT2D eigenvalue weighted by molar-refractivity contribution is -0.916. The van der Waals surface area contributed by atoms with Gasteiger partial charge in [0.15, 0.2) is 6.04 Å². The predicted molar refractivity (Wildman–Crippen MR) is 94.0 cm³/mol. The number of hydrogen-bond acceptors (Lipinski definition) is 2. The molecular formula is C17H18Cl2N3O2+.